The van der Waals surface area contributed by atoms with Crippen LogP contribution in [0, 0.1) is 13.8 Å². The summed E-state index contributed by atoms with van der Waals surface area (Å²) in [6.45, 7) is 4.64. The number of carboxylic acid groups (broad SMARTS) is 1. The molecule has 0 bridgehead atoms. The summed E-state index contributed by atoms with van der Waals surface area (Å²) in [5.74, 6) is -1.13. The Morgan fingerprint density at radius 3 is 2.68 bits per heavy atom. The van der Waals surface area contributed by atoms with Crippen LogP contribution in [-0.2, 0) is 14.8 Å². The first-order chi connectivity index (χ1) is 10.3. The molecule has 0 aromatic heterocycles. The van der Waals surface area contributed by atoms with Crippen LogP contribution < -0.4 is 4.72 Å². The number of sulfonamides is 1. The molecule has 0 amide bonds. The fourth-order valence-corrected chi connectivity index (χ4v) is 3.35. The number of carboxylic acids is 1. The number of hydrogen-bond acceptors (Lipinski definition) is 4. The topological polar surface area (TPSA) is 92.7 Å². The van der Waals surface area contributed by atoms with Crippen molar-refractivity contribution in [2.75, 3.05) is 19.8 Å². The van der Waals surface area contributed by atoms with Crippen molar-refractivity contribution in [1.29, 1.82) is 0 Å². The molecule has 120 valence electrons. The summed E-state index contributed by atoms with van der Waals surface area (Å²) in [7, 11) is -3.75. The van der Waals surface area contributed by atoms with Gasteiger partial charge in [-0.1, -0.05) is 11.6 Å². The second kappa shape index (κ2) is 6.60. The lowest BCUT2D eigenvalue weighted by Crippen LogP contribution is -2.27. The van der Waals surface area contributed by atoms with Gasteiger partial charge in [0.25, 0.3) is 0 Å². The van der Waals surface area contributed by atoms with Gasteiger partial charge >= 0.3 is 5.97 Å². The van der Waals surface area contributed by atoms with Crippen LogP contribution in [0.4, 0.5) is 0 Å². The van der Waals surface area contributed by atoms with Gasteiger partial charge in [-0.3, -0.25) is 0 Å². The molecule has 0 aliphatic carbocycles. The van der Waals surface area contributed by atoms with Gasteiger partial charge in [0.1, 0.15) is 0 Å². The van der Waals surface area contributed by atoms with E-state index < -0.39 is 16.0 Å². The van der Waals surface area contributed by atoms with Crippen molar-refractivity contribution < 1.29 is 23.1 Å². The van der Waals surface area contributed by atoms with Crippen LogP contribution >= 0.6 is 0 Å². The Balaban J connectivity index is 2.25. The molecule has 0 radical (unpaired) electrons. The van der Waals surface area contributed by atoms with Gasteiger partial charge in [-0.05, 0) is 43.5 Å². The molecule has 7 heteroatoms. The molecule has 1 heterocycles. The molecule has 1 aromatic rings. The van der Waals surface area contributed by atoms with Gasteiger partial charge < -0.3 is 9.84 Å². The van der Waals surface area contributed by atoms with Gasteiger partial charge in [-0.2, -0.15) is 0 Å². The minimum absolute atomic E-state index is 0.00524. The number of aryl methyl sites for hydroxylation is 1. The largest absolute Gasteiger partial charge is 0.478 e. The first-order valence-corrected chi connectivity index (χ1v) is 8.39. The van der Waals surface area contributed by atoms with E-state index in [0.29, 0.717) is 30.8 Å². The zero-order chi connectivity index (χ0) is 16.3. The predicted octanol–water partition coefficient (Wildman–Crippen LogP) is 1.63. The van der Waals surface area contributed by atoms with Crippen molar-refractivity contribution in [3.63, 3.8) is 0 Å². The van der Waals surface area contributed by atoms with Crippen molar-refractivity contribution in [3.8, 4) is 0 Å². The fourth-order valence-electron chi connectivity index (χ4n) is 2.20. The van der Waals surface area contributed by atoms with Crippen molar-refractivity contribution in [1.82, 2.24) is 4.72 Å². The molecule has 0 saturated heterocycles. The van der Waals surface area contributed by atoms with Crippen molar-refractivity contribution >= 4 is 16.0 Å². The summed E-state index contributed by atoms with van der Waals surface area (Å²) in [6, 6.07) is 2.69. The number of ether oxygens (including phenoxy) is 1. The maximum atomic E-state index is 12.4. The van der Waals surface area contributed by atoms with Crippen LogP contribution in [0.2, 0.25) is 0 Å². The summed E-state index contributed by atoms with van der Waals surface area (Å²) in [5.41, 5.74) is 2.17. The van der Waals surface area contributed by atoms with E-state index >= 15 is 0 Å². The highest BCUT2D eigenvalue weighted by atomic mass is 32.2. The van der Waals surface area contributed by atoms with Crippen molar-refractivity contribution in [2.24, 2.45) is 0 Å². The van der Waals surface area contributed by atoms with E-state index in [0.717, 1.165) is 5.57 Å². The van der Waals surface area contributed by atoms with E-state index in [1.165, 1.54) is 12.1 Å². The normalized spacial score (nSPS) is 15.5. The minimum Gasteiger partial charge on any atom is -0.478 e. The van der Waals surface area contributed by atoms with Crippen LogP contribution in [0.1, 0.15) is 27.9 Å². The van der Waals surface area contributed by atoms with Crippen LogP contribution in [0.15, 0.2) is 28.7 Å². The number of benzene rings is 1. The lowest BCUT2D eigenvalue weighted by Gasteiger charge is -2.15. The maximum absolute atomic E-state index is 12.4. The van der Waals surface area contributed by atoms with Crippen LogP contribution in [0.5, 0.6) is 0 Å². The minimum atomic E-state index is -3.75. The molecule has 22 heavy (non-hydrogen) atoms. The summed E-state index contributed by atoms with van der Waals surface area (Å²) in [5, 5.41) is 9.18. The molecule has 2 N–H and O–H groups in total. The van der Waals surface area contributed by atoms with Crippen LogP contribution in [0.25, 0.3) is 0 Å². The second-order valence-electron chi connectivity index (χ2n) is 5.23. The van der Waals surface area contributed by atoms with E-state index in [2.05, 4.69) is 4.72 Å². The van der Waals surface area contributed by atoms with E-state index in [1.54, 1.807) is 13.8 Å². The SMILES string of the molecule is Cc1cc(S(=O)(=O)NCC2=CCOCC2)cc(C(=O)O)c1C. The van der Waals surface area contributed by atoms with Gasteiger partial charge in [0.15, 0.2) is 0 Å². The average molecular weight is 325 g/mol. The predicted molar refractivity (Wildman–Crippen MR) is 81.6 cm³/mol. The number of rotatable bonds is 5. The highest BCUT2D eigenvalue weighted by Crippen LogP contribution is 2.20. The zero-order valence-corrected chi connectivity index (χ0v) is 13.4. The molecule has 6 nitrogen and oxygen atoms in total. The second-order valence-corrected chi connectivity index (χ2v) is 7.00. The average Bonchev–Trinajstić information content (AvgIpc) is 2.48. The molecule has 0 fully saturated rings. The third-order valence-corrected chi connectivity index (χ3v) is 5.11. The first kappa shape index (κ1) is 16.7. The van der Waals surface area contributed by atoms with E-state index in [-0.39, 0.29) is 17.0 Å². The number of hydrogen-bond donors (Lipinski definition) is 2. The van der Waals surface area contributed by atoms with Gasteiger partial charge in [0.05, 0.1) is 23.7 Å². The first-order valence-electron chi connectivity index (χ1n) is 6.91. The zero-order valence-electron chi connectivity index (χ0n) is 12.5. The molecule has 0 atom stereocenters. The summed E-state index contributed by atoms with van der Waals surface area (Å²) < 4.78 is 32.4. The van der Waals surface area contributed by atoms with Crippen molar-refractivity contribution in [2.45, 2.75) is 25.2 Å². The Bertz CT molecular complexity index is 722. The molecule has 0 spiro atoms. The van der Waals surface area contributed by atoms with Crippen LogP contribution in [-0.4, -0.2) is 39.3 Å². The molecule has 0 unspecified atom stereocenters. The quantitative estimate of drug-likeness (QED) is 0.803. The summed E-state index contributed by atoms with van der Waals surface area (Å²) in [6.07, 6.45) is 2.55. The number of carbonyl (C=O) groups is 1. The molecule has 2 rings (SSSR count). The van der Waals surface area contributed by atoms with Gasteiger partial charge in [0, 0.05) is 6.54 Å². The standard InChI is InChI=1S/C15H19NO5S/c1-10-7-13(8-14(11(10)2)15(17)18)22(19,20)16-9-12-3-5-21-6-4-12/h3,7-8,16H,4-6,9H2,1-2H3,(H,17,18). The lowest BCUT2D eigenvalue weighted by atomic mass is 10.0. The maximum Gasteiger partial charge on any atom is 0.336 e. The number of nitrogens with one attached hydrogen (secondary N) is 1. The smallest absolute Gasteiger partial charge is 0.336 e. The Morgan fingerprint density at radius 1 is 1.36 bits per heavy atom. The Kier molecular flexibility index (Phi) is 5.00. The third-order valence-electron chi connectivity index (χ3n) is 3.73. The third kappa shape index (κ3) is 3.73. The number of aromatic carboxylic acids is 1. The highest BCUT2D eigenvalue weighted by Gasteiger charge is 2.19. The van der Waals surface area contributed by atoms with Crippen molar-refractivity contribution in [3.05, 3.63) is 40.5 Å². The highest BCUT2D eigenvalue weighted by molar-refractivity contribution is 7.89. The van der Waals surface area contributed by atoms with Crippen LogP contribution in [0.3, 0.4) is 0 Å². The Hall–Kier alpha value is -1.70. The lowest BCUT2D eigenvalue weighted by molar-refractivity contribution is 0.0695. The molecule has 0 saturated carbocycles. The molecule has 1 aromatic carbocycles. The monoisotopic (exact) mass is 325 g/mol. The van der Waals surface area contributed by atoms with E-state index in [1.807, 2.05) is 6.08 Å². The Labute approximate surface area is 129 Å². The molecule has 1 aliphatic heterocycles. The van der Waals surface area contributed by atoms with E-state index in [9.17, 15) is 18.3 Å². The summed E-state index contributed by atoms with van der Waals surface area (Å²) in [4.78, 5) is 11.2. The molecular formula is C15H19NO5S. The molecule has 1 aliphatic rings. The van der Waals surface area contributed by atoms with Gasteiger partial charge in [0.2, 0.25) is 10.0 Å². The fraction of sp³-hybridized carbons (Fsp3) is 0.400. The van der Waals surface area contributed by atoms with E-state index in [4.69, 9.17) is 4.74 Å². The Morgan fingerprint density at radius 2 is 2.09 bits per heavy atom. The van der Waals surface area contributed by atoms with Gasteiger partial charge in [-0.25, -0.2) is 17.9 Å². The summed E-state index contributed by atoms with van der Waals surface area (Å²) >= 11 is 0. The van der Waals surface area contributed by atoms with Gasteiger partial charge in [-0.15, -0.1) is 0 Å². The molecular weight excluding hydrogens is 306 g/mol.